The van der Waals surface area contributed by atoms with Crippen LogP contribution in [-0.4, -0.2) is 59.2 Å². The second-order valence-corrected chi connectivity index (χ2v) is 7.37. The number of rotatable bonds is 8. The molecule has 0 atom stereocenters. The predicted octanol–water partition coefficient (Wildman–Crippen LogP) is 2.33. The number of hydrogen-bond acceptors (Lipinski definition) is 6. The Morgan fingerprint density at radius 2 is 1.88 bits per heavy atom. The molecule has 0 aliphatic carbocycles. The SMILES string of the molecule is CCN(CC)C(=O)CN(C)C(=O)Cc1csc(NC(=O)c2cccs2)n1. The Labute approximate surface area is 160 Å². The third-order valence-electron chi connectivity index (χ3n) is 3.76. The van der Waals surface area contributed by atoms with Crippen LogP contribution in [-0.2, 0) is 16.0 Å². The van der Waals surface area contributed by atoms with Crippen LogP contribution in [0.5, 0.6) is 0 Å². The molecule has 0 saturated heterocycles. The first-order valence-electron chi connectivity index (χ1n) is 8.25. The molecule has 0 radical (unpaired) electrons. The molecule has 0 fully saturated rings. The molecular formula is C17H22N4O3S2. The number of likely N-dealkylation sites (N-methyl/N-ethyl adjacent to an activating group) is 2. The van der Waals surface area contributed by atoms with Crippen molar-refractivity contribution in [3.63, 3.8) is 0 Å². The highest BCUT2D eigenvalue weighted by molar-refractivity contribution is 7.14. The molecule has 7 nitrogen and oxygen atoms in total. The number of anilines is 1. The van der Waals surface area contributed by atoms with E-state index < -0.39 is 0 Å². The number of carbonyl (C=O) groups is 3. The third kappa shape index (κ3) is 5.37. The first kappa shape index (κ1) is 20.1. The molecule has 26 heavy (non-hydrogen) atoms. The van der Waals surface area contributed by atoms with Gasteiger partial charge in [0.1, 0.15) is 0 Å². The molecule has 0 bridgehead atoms. The summed E-state index contributed by atoms with van der Waals surface area (Å²) in [4.78, 5) is 44.4. The zero-order valence-electron chi connectivity index (χ0n) is 15.0. The monoisotopic (exact) mass is 394 g/mol. The van der Waals surface area contributed by atoms with E-state index in [1.165, 1.54) is 27.6 Å². The molecule has 0 aromatic carbocycles. The Balaban J connectivity index is 1.88. The average Bonchev–Trinajstić information content (AvgIpc) is 3.28. The summed E-state index contributed by atoms with van der Waals surface area (Å²) in [6.45, 7) is 5.11. The van der Waals surface area contributed by atoms with E-state index in [1.807, 2.05) is 19.2 Å². The van der Waals surface area contributed by atoms with E-state index in [0.29, 0.717) is 28.8 Å². The molecule has 2 rings (SSSR count). The normalized spacial score (nSPS) is 10.4. The Kier molecular flexibility index (Phi) is 7.28. The number of nitrogens with zero attached hydrogens (tertiary/aromatic N) is 3. The number of carbonyl (C=O) groups excluding carboxylic acids is 3. The first-order chi connectivity index (χ1) is 12.4. The lowest BCUT2D eigenvalue weighted by Gasteiger charge is -2.23. The van der Waals surface area contributed by atoms with Crippen LogP contribution in [0.4, 0.5) is 5.13 Å². The van der Waals surface area contributed by atoms with Crippen LogP contribution in [0, 0.1) is 0 Å². The summed E-state index contributed by atoms with van der Waals surface area (Å²) in [5, 5.41) is 6.74. The maximum absolute atomic E-state index is 12.3. The van der Waals surface area contributed by atoms with E-state index in [2.05, 4.69) is 10.3 Å². The molecule has 1 N–H and O–H groups in total. The average molecular weight is 395 g/mol. The van der Waals surface area contributed by atoms with Crippen LogP contribution in [0.1, 0.15) is 29.2 Å². The van der Waals surface area contributed by atoms with E-state index in [1.54, 1.807) is 29.5 Å². The van der Waals surface area contributed by atoms with Crippen LogP contribution in [0.15, 0.2) is 22.9 Å². The zero-order chi connectivity index (χ0) is 19.1. The summed E-state index contributed by atoms with van der Waals surface area (Å²) in [7, 11) is 1.61. The number of aromatic nitrogens is 1. The van der Waals surface area contributed by atoms with Gasteiger partial charge in [-0.1, -0.05) is 6.07 Å². The van der Waals surface area contributed by atoms with Crippen molar-refractivity contribution in [1.29, 1.82) is 0 Å². The van der Waals surface area contributed by atoms with E-state index in [0.717, 1.165) is 0 Å². The summed E-state index contributed by atoms with van der Waals surface area (Å²) in [5.41, 5.74) is 0.573. The Morgan fingerprint density at radius 1 is 1.15 bits per heavy atom. The summed E-state index contributed by atoms with van der Waals surface area (Å²) >= 11 is 2.62. The van der Waals surface area contributed by atoms with Crippen molar-refractivity contribution in [3.8, 4) is 0 Å². The molecule has 2 aromatic rings. The van der Waals surface area contributed by atoms with E-state index >= 15 is 0 Å². The number of thiophene rings is 1. The minimum atomic E-state index is -0.214. The Bertz CT molecular complexity index is 754. The Morgan fingerprint density at radius 3 is 2.50 bits per heavy atom. The van der Waals surface area contributed by atoms with Crippen molar-refractivity contribution >= 4 is 45.5 Å². The minimum Gasteiger partial charge on any atom is -0.342 e. The van der Waals surface area contributed by atoms with E-state index in [4.69, 9.17) is 0 Å². The fraction of sp³-hybridized carbons (Fsp3) is 0.412. The van der Waals surface area contributed by atoms with Gasteiger partial charge in [-0.2, -0.15) is 0 Å². The van der Waals surface area contributed by atoms with E-state index in [9.17, 15) is 14.4 Å². The van der Waals surface area contributed by atoms with Crippen molar-refractivity contribution < 1.29 is 14.4 Å². The molecule has 0 aliphatic heterocycles. The fourth-order valence-corrected chi connectivity index (χ4v) is 3.59. The molecule has 140 valence electrons. The zero-order valence-corrected chi connectivity index (χ0v) is 16.7. The van der Waals surface area contributed by atoms with Crippen molar-refractivity contribution in [3.05, 3.63) is 33.5 Å². The van der Waals surface area contributed by atoms with Crippen LogP contribution in [0.25, 0.3) is 0 Å². The summed E-state index contributed by atoms with van der Waals surface area (Å²) in [6.07, 6.45) is 0.0907. The number of amides is 3. The molecule has 0 spiro atoms. The van der Waals surface area contributed by atoms with Crippen LogP contribution in [0.2, 0.25) is 0 Å². The lowest BCUT2D eigenvalue weighted by Crippen LogP contribution is -2.41. The van der Waals surface area contributed by atoms with Gasteiger partial charge in [0.05, 0.1) is 23.5 Å². The number of thiazole rings is 1. The van der Waals surface area contributed by atoms with Crippen LogP contribution >= 0.6 is 22.7 Å². The molecule has 0 saturated carbocycles. The molecular weight excluding hydrogens is 372 g/mol. The molecule has 2 aromatic heterocycles. The highest BCUT2D eigenvalue weighted by atomic mass is 32.1. The van der Waals surface area contributed by atoms with Crippen molar-refractivity contribution in [2.45, 2.75) is 20.3 Å². The molecule has 2 heterocycles. The van der Waals surface area contributed by atoms with Crippen molar-refractivity contribution in [1.82, 2.24) is 14.8 Å². The first-order valence-corrected chi connectivity index (χ1v) is 10.0. The largest absolute Gasteiger partial charge is 0.342 e. The lowest BCUT2D eigenvalue weighted by atomic mass is 10.3. The topological polar surface area (TPSA) is 82.6 Å². The van der Waals surface area contributed by atoms with Gasteiger partial charge in [0, 0.05) is 25.5 Å². The molecule has 0 unspecified atom stereocenters. The maximum Gasteiger partial charge on any atom is 0.267 e. The minimum absolute atomic E-state index is 0.0482. The van der Waals surface area contributed by atoms with E-state index in [-0.39, 0.29) is 30.7 Å². The van der Waals surface area contributed by atoms with Crippen LogP contribution < -0.4 is 5.32 Å². The van der Waals surface area contributed by atoms with Gasteiger partial charge >= 0.3 is 0 Å². The maximum atomic E-state index is 12.3. The summed E-state index contributed by atoms with van der Waals surface area (Å²) in [6, 6.07) is 3.54. The second-order valence-electron chi connectivity index (χ2n) is 5.57. The van der Waals surface area contributed by atoms with Gasteiger partial charge in [0.15, 0.2) is 5.13 Å². The number of nitrogens with one attached hydrogen (secondary N) is 1. The predicted molar refractivity (Wildman–Crippen MR) is 104 cm³/mol. The highest BCUT2D eigenvalue weighted by Crippen LogP contribution is 2.18. The van der Waals surface area contributed by atoms with Gasteiger partial charge in [-0.15, -0.1) is 22.7 Å². The van der Waals surface area contributed by atoms with Crippen LogP contribution in [0.3, 0.4) is 0 Å². The lowest BCUT2D eigenvalue weighted by molar-refractivity contribution is -0.138. The number of hydrogen-bond donors (Lipinski definition) is 1. The third-order valence-corrected chi connectivity index (χ3v) is 5.44. The molecule has 0 aliphatic rings. The van der Waals surface area contributed by atoms with Gasteiger partial charge in [-0.25, -0.2) is 4.98 Å². The van der Waals surface area contributed by atoms with Crippen molar-refractivity contribution in [2.75, 3.05) is 32.0 Å². The smallest absolute Gasteiger partial charge is 0.267 e. The highest BCUT2D eigenvalue weighted by Gasteiger charge is 2.18. The quantitative estimate of drug-likeness (QED) is 0.745. The standard InChI is InChI=1S/C17H22N4O3S2/c1-4-21(5-2)15(23)10-20(3)14(22)9-12-11-26-17(18-12)19-16(24)13-7-6-8-25-13/h6-8,11H,4-5,9-10H2,1-3H3,(H,18,19,24). The fourth-order valence-electron chi connectivity index (χ4n) is 2.27. The van der Waals surface area contributed by atoms with Gasteiger partial charge in [0.2, 0.25) is 11.8 Å². The second kappa shape index (κ2) is 9.44. The Hall–Kier alpha value is -2.26. The molecule has 3 amide bonds. The van der Waals surface area contributed by atoms with Gasteiger partial charge in [-0.3, -0.25) is 19.7 Å². The molecule has 9 heteroatoms. The van der Waals surface area contributed by atoms with Gasteiger partial charge in [-0.05, 0) is 25.3 Å². The van der Waals surface area contributed by atoms with Crippen molar-refractivity contribution in [2.24, 2.45) is 0 Å². The van der Waals surface area contributed by atoms with Gasteiger partial charge < -0.3 is 9.80 Å². The summed E-state index contributed by atoms with van der Waals surface area (Å²) in [5.74, 6) is -0.478. The van der Waals surface area contributed by atoms with Gasteiger partial charge in [0.25, 0.3) is 5.91 Å². The summed E-state index contributed by atoms with van der Waals surface area (Å²) < 4.78 is 0.